The van der Waals surface area contributed by atoms with Gasteiger partial charge >= 0.3 is 0 Å². The van der Waals surface area contributed by atoms with Crippen LogP contribution in [0.25, 0.3) is 0 Å². The fraction of sp³-hybridized carbons (Fsp3) is 0.278. The lowest BCUT2D eigenvalue weighted by Gasteiger charge is -2.28. The van der Waals surface area contributed by atoms with Crippen LogP contribution in [-0.4, -0.2) is 28.4 Å². The van der Waals surface area contributed by atoms with Gasteiger partial charge < -0.3 is 25.6 Å². The highest BCUT2D eigenvalue weighted by atomic mass is 35.5. The number of rotatable bonds is 12. The molecule has 0 aliphatic heterocycles. The number of carbonyl (C=O) groups excluding carboxylic acids is 2. The van der Waals surface area contributed by atoms with Gasteiger partial charge in [0.2, 0.25) is 11.6 Å². The third kappa shape index (κ3) is 6.24. The molecular formula is C36H35Cl2FN2O5. The third-order valence-electron chi connectivity index (χ3n) is 8.15. The van der Waals surface area contributed by atoms with E-state index in [0.29, 0.717) is 33.4 Å². The number of para-hydroxylation sites is 2. The minimum Gasteiger partial charge on any atom is -0.507 e. The largest absolute Gasteiger partial charge is 0.507 e. The number of nitrogens with one attached hydrogen (secondary N) is 2. The number of benzene rings is 4. The molecule has 1 aliphatic carbocycles. The first-order valence-electron chi connectivity index (χ1n) is 15.3. The van der Waals surface area contributed by atoms with Crippen LogP contribution in [-0.2, 0) is 0 Å². The standard InChI is InChI=1S/C36H35Cl2FN2O5/c1-4-5-6-7-8-9-18-46-36-28-27(34(44)25-23(42)16-17-24(43)26(25)35(28)45)29(39)32(40-30-19(2)12-10-14-21(30)37)33(36)41-31-20(3)13-11-15-22(31)38/h10-17,40-43H,4-9,18H2,1-3H3. The van der Waals surface area contributed by atoms with Gasteiger partial charge in [-0.3, -0.25) is 9.59 Å². The number of ketones is 2. The molecule has 0 saturated heterocycles. The predicted octanol–water partition coefficient (Wildman–Crippen LogP) is 10.2. The van der Waals surface area contributed by atoms with Crippen LogP contribution in [0.3, 0.4) is 0 Å². The molecule has 5 rings (SSSR count). The molecule has 0 aromatic heterocycles. The molecule has 0 bridgehead atoms. The quantitative estimate of drug-likeness (QED) is 0.0776. The predicted molar refractivity (Wildman–Crippen MR) is 181 cm³/mol. The number of ether oxygens (including phenoxy) is 1. The van der Waals surface area contributed by atoms with Crippen molar-refractivity contribution in [1.82, 2.24) is 0 Å². The summed E-state index contributed by atoms with van der Waals surface area (Å²) >= 11 is 13.2. The van der Waals surface area contributed by atoms with Gasteiger partial charge in [-0.15, -0.1) is 0 Å². The first-order valence-corrected chi connectivity index (χ1v) is 16.0. The first-order chi connectivity index (χ1) is 22.1. The maximum atomic E-state index is 17.0. The number of hydrogen-bond donors (Lipinski definition) is 4. The maximum absolute atomic E-state index is 17.0. The lowest BCUT2D eigenvalue weighted by atomic mass is 9.81. The molecule has 0 amide bonds. The first kappa shape index (κ1) is 33.1. The highest BCUT2D eigenvalue weighted by molar-refractivity contribution is 6.35. The lowest BCUT2D eigenvalue weighted by Crippen LogP contribution is -2.25. The van der Waals surface area contributed by atoms with E-state index in [1.807, 2.05) is 13.0 Å². The molecule has 4 aromatic carbocycles. The van der Waals surface area contributed by atoms with Crippen molar-refractivity contribution in [2.75, 3.05) is 17.2 Å². The average molecular weight is 666 g/mol. The van der Waals surface area contributed by atoms with Crippen molar-refractivity contribution in [3.05, 3.63) is 97.8 Å². The van der Waals surface area contributed by atoms with Crippen molar-refractivity contribution < 1.29 is 28.9 Å². The Balaban J connectivity index is 1.77. The van der Waals surface area contributed by atoms with Crippen molar-refractivity contribution in [3.8, 4) is 17.2 Å². The second kappa shape index (κ2) is 14.0. The lowest BCUT2D eigenvalue weighted by molar-refractivity contribution is 0.0967. The molecule has 0 spiro atoms. The zero-order valence-corrected chi connectivity index (χ0v) is 27.3. The van der Waals surface area contributed by atoms with E-state index in [4.69, 9.17) is 27.9 Å². The SMILES string of the molecule is CCCCCCCCOc1c(Nc2c(C)cccc2Cl)c(Nc2c(C)cccc2Cl)c(F)c2c1C(=O)c1c(O)ccc(O)c1C2=O. The summed E-state index contributed by atoms with van der Waals surface area (Å²) in [5.41, 5.74) is 0.155. The number of unbranched alkanes of at least 4 members (excludes halogenated alkanes) is 5. The van der Waals surface area contributed by atoms with Gasteiger partial charge in [-0.05, 0) is 55.7 Å². The van der Waals surface area contributed by atoms with Crippen LogP contribution < -0.4 is 15.4 Å². The minimum absolute atomic E-state index is 0.0157. The van der Waals surface area contributed by atoms with Crippen molar-refractivity contribution in [2.45, 2.75) is 59.3 Å². The molecule has 4 N–H and O–H groups in total. The van der Waals surface area contributed by atoms with Crippen LogP contribution >= 0.6 is 23.2 Å². The number of halogens is 3. The van der Waals surface area contributed by atoms with Gasteiger partial charge in [0.25, 0.3) is 0 Å². The summed E-state index contributed by atoms with van der Waals surface area (Å²) in [7, 11) is 0. The molecule has 0 radical (unpaired) electrons. The third-order valence-corrected chi connectivity index (χ3v) is 8.78. The number of carbonyl (C=O) groups is 2. The van der Waals surface area contributed by atoms with Gasteiger partial charge in [0.05, 0.1) is 50.3 Å². The molecule has 7 nitrogen and oxygen atoms in total. The minimum atomic E-state index is -1.07. The Bertz CT molecular complexity index is 1800. The molecule has 46 heavy (non-hydrogen) atoms. The summed E-state index contributed by atoms with van der Waals surface area (Å²) in [5, 5.41) is 28.2. The Kier molecular flexibility index (Phi) is 10.1. The molecule has 0 atom stereocenters. The number of anilines is 4. The van der Waals surface area contributed by atoms with Crippen LogP contribution in [0.15, 0.2) is 48.5 Å². The molecule has 0 heterocycles. The summed E-state index contributed by atoms with van der Waals surface area (Å²) in [6.45, 7) is 5.90. The highest BCUT2D eigenvalue weighted by Gasteiger charge is 2.42. The molecule has 0 saturated carbocycles. The fourth-order valence-electron chi connectivity index (χ4n) is 5.68. The van der Waals surface area contributed by atoms with Crippen molar-refractivity contribution in [1.29, 1.82) is 0 Å². The van der Waals surface area contributed by atoms with Crippen molar-refractivity contribution in [3.63, 3.8) is 0 Å². The Labute approximate surface area is 277 Å². The fourth-order valence-corrected chi connectivity index (χ4v) is 6.22. The van der Waals surface area contributed by atoms with E-state index in [2.05, 4.69) is 17.6 Å². The number of fused-ring (bicyclic) bond motifs is 2. The topological polar surface area (TPSA) is 108 Å². The summed E-state index contributed by atoms with van der Waals surface area (Å²) in [4.78, 5) is 28.1. The Hall–Kier alpha value is -4.27. The van der Waals surface area contributed by atoms with Gasteiger partial charge in [-0.25, -0.2) is 4.39 Å². The van der Waals surface area contributed by atoms with Crippen LogP contribution in [0.1, 0.15) is 88.4 Å². The van der Waals surface area contributed by atoms with E-state index < -0.39 is 45.6 Å². The maximum Gasteiger partial charge on any atom is 0.202 e. The van der Waals surface area contributed by atoms with Crippen LogP contribution in [0, 0.1) is 19.7 Å². The van der Waals surface area contributed by atoms with Crippen LogP contribution in [0.5, 0.6) is 17.2 Å². The second-order valence-corrected chi connectivity index (χ2v) is 12.2. The molecule has 10 heteroatoms. The zero-order valence-electron chi connectivity index (χ0n) is 25.8. The highest BCUT2D eigenvalue weighted by Crippen LogP contribution is 2.50. The van der Waals surface area contributed by atoms with Crippen LogP contribution in [0.2, 0.25) is 10.0 Å². The number of aromatic hydroxyl groups is 2. The van der Waals surface area contributed by atoms with E-state index in [9.17, 15) is 19.8 Å². The van der Waals surface area contributed by atoms with E-state index in [0.717, 1.165) is 49.8 Å². The molecule has 0 fully saturated rings. The molecule has 240 valence electrons. The summed E-state index contributed by atoms with van der Waals surface area (Å²) < 4.78 is 23.3. The van der Waals surface area contributed by atoms with Gasteiger partial charge in [0.1, 0.15) is 22.9 Å². The van der Waals surface area contributed by atoms with E-state index in [1.165, 1.54) is 0 Å². The zero-order chi connectivity index (χ0) is 33.1. The molecule has 1 aliphatic rings. The summed E-state index contributed by atoms with van der Waals surface area (Å²) in [6.07, 6.45) is 5.81. The number of phenols is 2. The van der Waals surface area contributed by atoms with Crippen molar-refractivity contribution in [2.24, 2.45) is 0 Å². The summed E-state index contributed by atoms with van der Waals surface area (Å²) in [5.74, 6) is -4.09. The van der Waals surface area contributed by atoms with Gasteiger partial charge in [-0.1, -0.05) is 86.5 Å². The number of phenolic OH excluding ortho intramolecular Hbond substituents is 2. The van der Waals surface area contributed by atoms with E-state index >= 15 is 4.39 Å². The monoisotopic (exact) mass is 664 g/mol. The van der Waals surface area contributed by atoms with Crippen LogP contribution in [0.4, 0.5) is 27.1 Å². The Morgan fingerprint density at radius 2 is 1.17 bits per heavy atom. The van der Waals surface area contributed by atoms with Gasteiger partial charge in [-0.2, -0.15) is 0 Å². The second-order valence-electron chi connectivity index (χ2n) is 11.4. The van der Waals surface area contributed by atoms with Gasteiger partial charge in [0, 0.05) is 0 Å². The normalized spacial score (nSPS) is 12.1. The van der Waals surface area contributed by atoms with Gasteiger partial charge in [0.15, 0.2) is 11.6 Å². The smallest absolute Gasteiger partial charge is 0.202 e. The van der Waals surface area contributed by atoms with E-state index in [-0.39, 0.29) is 29.3 Å². The number of aryl methyl sites for hydroxylation is 2. The molecular weight excluding hydrogens is 630 g/mol. The Morgan fingerprint density at radius 1 is 0.674 bits per heavy atom. The van der Waals surface area contributed by atoms with Crippen molar-refractivity contribution >= 4 is 57.5 Å². The Morgan fingerprint density at radius 3 is 1.72 bits per heavy atom. The average Bonchev–Trinajstić information content (AvgIpc) is 3.01. The van der Waals surface area contributed by atoms with E-state index in [1.54, 1.807) is 37.3 Å². The summed E-state index contributed by atoms with van der Waals surface area (Å²) in [6, 6.07) is 12.6. The number of hydrogen-bond acceptors (Lipinski definition) is 7. The molecule has 0 unspecified atom stereocenters. The molecule has 4 aromatic rings.